The summed E-state index contributed by atoms with van der Waals surface area (Å²) >= 11 is 3.05. The lowest BCUT2D eigenvalue weighted by Crippen LogP contribution is -2.45. The molecule has 0 atom stereocenters. The van der Waals surface area contributed by atoms with E-state index < -0.39 is 0 Å². The molecular weight excluding hydrogens is 587 g/mol. The van der Waals surface area contributed by atoms with Gasteiger partial charge in [-0.2, -0.15) is 5.26 Å². The third-order valence-corrected chi connectivity index (χ3v) is 10.5. The van der Waals surface area contributed by atoms with Crippen molar-refractivity contribution in [3.05, 3.63) is 87.8 Å². The minimum Gasteiger partial charge on any atom is -0.384 e. The van der Waals surface area contributed by atoms with Gasteiger partial charge in [-0.1, -0.05) is 48.5 Å². The summed E-state index contributed by atoms with van der Waals surface area (Å²) in [5.41, 5.74) is 5.30. The van der Waals surface area contributed by atoms with Crippen molar-refractivity contribution in [1.82, 2.24) is 9.91 Å². The smallest absolute Gasteiger partial charge is 0.269 e. The van der Waals surface area contributed by atoms with Crippen molar-refractivity contribution in [1.29, 1.82) is 5.26 Å². The van der Waals surface area contributed by atoms with E-state index in [0.29, 0.717) is 34.4 Å². The number of amides is 1. The number of carbonyl (C=O) groups is 1. The number of nitriles is 1. The van der Waals surface area contributed by atoms with Crippen LogP contribution in [0.5, 0.6) is 0 Å². The molecule has 1 amide bonds. The van der Waals surface area contributed by atoms with Gasteiger partial charge in [0, 0.05) is 38.1 Å². The average Bonchev–Trinajstić information content (AvgIpc) is 3.54. The molecule has 1 N–H and O–H groups in total. The Hall–Kier alpha value is -3.91. The Morgan fingerprint density at radius 3 is 2.52 bits per heavy atom. The number of carbonyl (C=O) groups excluding carboxylic acids is 1. The first-order valence-electron chi connectivity index (χ1n) is 15.2. The number of hydrazine groups is 1. The van der Waals surface area contributed by atoms with Crippen LogP contribution in [0.3, 0.4) is 0 Å². The zero-order valence-corrected chi connectivity index (χ0v) is 27.0. The number of nitrogens with one attached hydrogen (secondary N) is 1. The maximum Gasteiger partial charge on any atom is 0.269 e. The fourth-order valence-electron chi connectivity index (χ4n) is 5.83. The second kappa shape index (κ2) is 13.4. The van der Waals surface area contributed by atoms with E-state index in [1.165, 1.54) is 36.7 Å². The average molecular weight is 624 g/mol. The molecule has 0 aliphatic carbocycles. The fraction of sp³-hybridized carbons (Fsp3) is 0.324. The van der Waals surface area contributed by atoms with Crippen LogP contribution < -0.4 is 15.2 Å². The first-order chi connectivity index (χ1) is 21.5. The largest absolute Gasteiger partial charge is 0.384 e. The number of rotatable bonds is 8. The summed E-state index contributed by atoms with van der Waals surface area (Å²) in [7, 11) is 2.03. The summed E-state index contributed by atoms with van der Waals surface area (Å²) in [6.45, 7) is 8.44. The normalized spacial score (nSPS) is 19.4. The lowest BCUT2D eigenvalue weighted by atomic mass is 10.1. The van der Waals surface area contributed by atoms with Gasteiger partial charge in [-0.3, -0.25) is 9.69 Å². The van der Waals surface area contributed by atoms with E-state index in [4.69, 9.17) is 4.99 Å². The van der Waals surface area contributed by atoms with Gasteiger partial charge in [0.25, 0.3) is 5.91 Å². The SMILES string of the molecule is CCNc1ccc(C#N)cc1N=C1SC(=C2Sc3cc(N(CC)N4CCCCC4)ccc3N2C)C(=O)N1Cc1ccccc1. The van der Waals surface area contributed by atoms with E-state index in [-0.39, 0.29) is 5.91 Å². The van der Waals surface area contributed by atoms with Crippen LogP contribution in [-0.2, 0) is 11.3 Å². The van der Waals surface area contributed by atoms with Gasteiger partial charge < -0.3 is 15.2 Å². The highest BCUT2D eigenvalue weighted by Crippen LogP contribution is 2.51. The number of amidine groups is 1. The van der Waals surface area contributed by atoms with Crippen molar-refractivity contribution >= 4 is 57.3 Å². The second-order valence-corrected chi connectivity index (χ2v) is 12.9. The molecule has 3 aromatic carbocycles. The number of anilines is 3. The number of fused-ring (bicyclic) bond motifs is 1. The number of hydrogen-bond acceptors (Lipinski definition) is 9. The van der Waals surface area contributed by atoms with Gasteiger partial charge in [0.2, 0.25) is 0 Å². The molecule has 0 bridgehead atoms. The molecule has 0 spiro atoms. The van der Waals surface area contributed by atoms with Crippen LogP contribution in [0.1, 0.15) is 44.2 Å². The highest BCUT2D eigenvalue weighted by atomic mass is 32.2. The highest BCUT2D eigenvalue weighted by Gasteiger charge is 2.39. The van der Waals surface area contributed by atoms with Gasteiger partial charge in [0.1, 0.15) is 4.91 Å². The third kappa shape index (κ3) is 6.05. The lowest BCUT2D eigenvalue weighted by molar-refractivity contribution is -0.122. The van der Waals surface area contributed by atoms with Crippen LogP contribution >= 0.6 is 23.5 Å². The van der Waals surface area contributed by atoms with Crippen LogP contribution in [0, 0.1) is 11.3 Å². The molecule has 226 valence electrons. The molecule has 2 fully saturated rings. The topological polar surface area (TPSA) is 78.2 Å². The Labute approximate surface area is 268 Å². The lowest BCUT2D eigenvalue weighted by Gasteiger charge is -2.38. The number of aliphatic imine (C=N–C) groups is 1. The van der Waals surface area contributed by atoms with Gasteiger partial charge in [0.15, 0.2) is 5.17 Å². The molecule has 0 saturated carbocycles. The van der Waals surface area contributed by atoms with E-state index in [1.54, 1.807) is 28.8 Å². The van der Waals surface area contributed by atoms with Gasteiger partial charge in [0.05, 0.1) is 46.0 Å². The number of piperidine rings is 1. The van der Waals surface area contributed by atoms with Crippen LogP contribution in [0.25, 0.3) is 0 Å². The molecule has 3 aromatic rings. The highest BCUT2D eigenvalue weighted by molar-refractivity contribution is 8.19. The molecule has 6 rings (SSSR count). The molecule has 44 heavy (non-hydrogen) atoms. The van der Waals surface area contributed by atoms with Gasteiger partial charge in [-0.15, -0.1) is 0 Å². The molecule has 3 aliphatic heterocycles. The predicted octanol–water partition coefficient (Wildman–Crippen LogP) is 7.39. The quantitative estimate of drug-likeness (QED) is 0.260. The summed E-state index contributed by atoms with van der Waals surface area (Å²) in [5.74, 6) is -0.0649. The van der Waals surface area contributed by atoms with Crippen LogP contribution in [0.4, 0.5) is 22.7 Å². The minimum absolute atomic E-state index is 0.0649. The van der Waals surface area contributed by atoms with E-state index in [9.17, 15) is 10.1 Å². The molecule has 3 heterocycles. The van der Waals surface area contributed by atoms with Gasteiger partial charge in [-0.05, 0) is 80.4 Å². The summed E-state index contributed by atoms with van der Waals surface area (Å²) in [6, 6.07) is 24.3. The third-order valence-electron chi connectivity index (χ3n) is 8.04. The number of hydrogen-bond donors (Lipinski definition) is 1. The van der Waals surface area contributed by atoms with Crippen LogP contribution in [-0.4, -0.2) is 54.2 Å². The maximum atomic E-state index is 14.2. The summed E-state index contributed by atoms with van der Waals surface area (Å²) in [6.07, 6.45) is 3.76. The molecule has 3 aliphatic rings. The molecule has 2 saturated heterocycles. The van der Waals surface area contributed by atoms with Crippen molar-refractivity contribution in [3.8, 4) is 6.07 Å². The van der Waals surface area contributed by atoms with Crippen LogP contribution in [0.15, 0.2) is 86.6 Å². The summed E-state index contributed by atoms with van der Waals surface area (Å²) in [5, 5.41) is 19.3. The number of benzene rings is 3. The standard InChI is InChI=1S/C34H37N7OS2/c1-4-36-27-16-14-25(22-35)20-28(27)37-34-40(23-24-12-8-6-9-13-24)32(42)31(44-34)33-38(3)29-17-15-26(21-30(29)43-33)41(5-2)39-18-10-7-11-19-39/h6,8-9,12-17,20-21,36H,4-5,7,10-11,18-19,23H2,1-3H3. The Bertz CT molecular complexity index is 1640. The second-order valence-electron chi connectivity index (χ2n) is 10.9. The predicted molar refractivity (Wildman–Crippen MR) is 183 cm³/mol. The van der Waals surface area contributed by atoms with Gasteiger partial charge >= 0.3 is 0 Å². The zero-order chi connectivity index (χ0) is 30.6. The van der Waals surface area contributed by atoms with Crippen molar-refractivity contribution in [2.75, 3.05) is 48.5 Å². The van der Waals surface area contributed by atoms with E-state index in [0.717, 1.165) is 46.5 Å². The molecule has 0 unspecified atom stereocenters. The Morgan fingerprint density at radius 2 is 1.80 bits per heavy atom. The van der Waals surface area contributed by atoms with Crippen molar-refractivity contribution < 1.29 is 4.79 Å². The van der Waals surface area contributed by atoms with Crippen molar-refractivity contribution in [2.24, 2.45) is 4.99 Å². The Morgan fingerprint density at radius 1 is 1.00 bits per heavy atom. The maximum absolute atomic E-state index is 14.2. The molecule has 0 aromatic heterocycles. The van der Waals surface area contributed by atoms with E-state index in [1.807, 2.05) is 50.4 Å². The Kier molecular flexibility index (Phi) is 9.17. The monoisotopic (exact) mass is 623 g/mol. The first kappa shape index (κ1) is 30.1. The minimum atomic E-state index is -0.0649. The van der Waals surface area contributed by atoms with Gasteiger partial charge in [-0.25, -0.2) is 10.0 Å². The van der Waals surface area contributed by atoms with E-state index >= 15 is 0 Å². The zero-order valence-electron chi connectivity index (χ0n) is 25.4. The number of thioether (sulfide) groups is 2. The van der Waals surface area contributed by atoms with Crippen LogP contribution in [0.2, 0.25) is 0 Å². The summed E-state index contributed by atoms with van der Waals surface area (Å²) < 4.78 is 0. The molecular formula is C34H37N7OS2. The molecule has 10 heteroatoms. The summed E-state index contributed by atoms with van der Waals surface area (Å²) in [4.78, 5) is 24.9. The molecule has 0 radical (unpaired) electrons. The Balaban J connectivity index is 1.36. The fourth-order valence-corrected chi connectivity index (χ4v) is 8.20. The van der Waals surface area contributed by atoms with Crippen molar-refractivity contribution in [3.63, 3.8) is 0 Å². The molecule has 8 nitrogen and oxygen atoms in total. The van der Waals surface area contributed by atoms with Crippen molar-refractivity contribution in [2.45, 2.75) is 44.6 Å². The van der Waals surface area contributed by atoms with E-state index in [2.05, 4.69) is 51.4 Å². The first-order valence-corrected chi connectivity index (χ1v) is 16.9. The number of nitrogens with zero attached hydrogens (tertiary/aromatic N) is 6.